The van der Waals surface area contributed by atoms with Crippen LogP contribution in [0.15, 0.2) is 24.3 Å². The molecule has 1 fully saturated rings. The lowest BCUT2D eigenvalue weighted by molar-refractivity contribution is 0.132. The molecule has 1 aliphatic heterocycles. The Hall–Kier alpha value is -1.06. The Morgan fingerprint density at radius 1 is 1.26 bits per heavy atom. The number of rotatable bonds is 6. The maximum atomic E-state index is 5.21. The Bertz CT molecular complexity index is 364. The van der Waals surface area contributed by atoms with E-state index >= 15 is 0 Å². The lowest BCUT2D eigenvalue weighted by Crippen LogP contribution is -2.40. The maximum Gasteiger partial charge on any atom is 0.118 e. The largest absolute Gasteiger partial charge is 0.497 e. The second-order valence-electron chi connectivity index (χ2n) is 5.36. The van der Waals surface area contributed by atoms with Gasteiger partial charge in [0.25, 0.3) is 0 Å². The molecule has 0 aliphatic carbocycles. The predicted octanol–water partition coefficient (Wildman–Crippen LogP) is 2.66. The van der Waals surface area contributed by atoms with Gasteiger partial charge in [0.1, 0.15) is 5.75 Å². The van der Waals surface area contributed by atoms with E-state index in [1.54, 1.807) is 7.11 Å². The zero-order chi connectivity index (χ0) is 13.5. The summed E-state index contributed by atoms with van der Waals surface area (Å²) in [4.78, 5) is 2.64. The standard InChI is InChI=1S/C16H26N2O/c1-17-11-10-15-5-3-4-12-18(15)13-14-6-8-16(19-2)9-7-14/h6-9,15,17H,3-5,10-13H2,1-2H3. The molecule has 0 saturated carbocycles. The minimum atomic E-state index is 0.739. The van der Waals surface area contributed by atoms with E-state index < -0.39 is 0 Å². The van der Waals surface area contributed by atoms with Gasteiger partial charge in [-0.25, -0.2) is 0 Å². The third-order valence-electron chi connectivity index (χ3n) is 4.02. The molecule has 0 radical (unpaired) electrons. The fraction of sp³-hybridized carbons (Fsp3) is 0.625. The second-order valence-corrected chi connectivity index (χ2v) is 5.36. The number of hydrogen-bond acceptors (Lipinski definition) is 3. The van der Waals surface area contributed by atoms with Crippen LogP contribution in [0.5, 0.6) is 5.75 Å². The molecule has 3 heteroatoms. The molecule has 1 saturated heterocycles. The number of hydrogen-bond donors (Lipinski definition) is 1. The van der Waals surface area contributed by atoms with E-state index in [-0.39, 0.29) is 0 Å². The van der Waals surface area contributed by atoms with Crippen LogP contribution in [0.25, 0.3) is 0 Å². The van der Waals surface area contributed by atoms with E-state index in [9.17, 15) is 0 Å². The number of piperidine rings is 1. The number of methoxy groups -OCH3 is 1. The molecule has 106 valence electrons. The van der Waals surface area contributed by atoms with E-state index in [1.165, 1.54) is 37.8 Å². The number of ether oxygens (including phenoxy) is 1. The van der Waals surface area contributed by atoms with Crippen LogP contribution in [-0.2, 0) is 6.54 Å². The first-order valence-electron chi connectivity index (χ1n) is 7.35. The van der Waals surface area contributed by atoms with Gasteiger partial charge in [-0.1, -0.05) is 18.6 Å². The molecule has 0 aromatic heterocycles. The van der Waals surface area contributed by atoms with Crippen molar-refractivity contribution in [2.45, 2.75) is 38.3 Å². The van der Waals surface area contributed by atoms with E-state index in [1.807, 2.05) is 7.05 Å². The highest BCUT2D eigenvalue weighted by molar-refractivity contribution is 5.27. The monoisotopic (exact) mass is 262 g/mol. The molecule has 1 unspecified atom stereocenters. The number of benzene rings is 1. The van der Waals surface area contributed by atoms with Crippen molar-refractivity contribution in [3.8, 4) is 5.75 Å². The summed E-state index contributed by atoms with van der Waals surface area (Å²) in [6.07, 6.45) is 5.32. The Morgan fingerprint density at radius 2 is 2.05 bits per heavy atom. The quantitative estimate of drug-likeness (QED) is 0.853. The van der Waals surface area contributed by atoms with Crippen molar-refractivity contribution in [3.63, 3.8) is 0 Å². The summed E-state index contributed by atoms with van der Waals surface area (Å²) in [5.74, 6) is 0.939. The average Bonchev–Trinajstić information content (AvgIpc) is 2.47. The van der Waals surface area contributed by atoms with Crippen molar-refractivity contribution in [3.05, 3.63) is 29.8 Å². The highest BCUT2D eigenvalue weighted by Gasteiger charge is 2.21. The summed E-state index contributed by atoms with van der Waals surface area (Å²) in [6.45, 7) is 3.42. The third-order valence-corrected chi connectivity index (χ3v) is 4.02. The van der Waals surface area contributed by atoms with Crippen molar-refractivity contribution in [1.29, 1.82) is 0 Å². The number of nitrogens with zero attached hydrogens (tertiary/aromatic N) is 1. The summed E-state index contributed by atoms with van der Waals surface area (Å²) < 4.78 is 5.21. The number of nitrogens with one attached hydrogen (secondary N) is 1. The Labute approximate surface area is 116 Å². The van der Waals surface area contributed by atoms with Crippen LogP contribution in [0.4, 0.5) is 0 Å². The topological polar surface area (TPSA) is 24.5 Å². The summed E-state index contributed by atoms with van der Waals surface area (Å²) in [5, 5.41) is 3.27. The lowest BCUT2D eigenvalue weighted by Gasteiger charge is -2.36. The molecule has 0 bridgehead atoms. The SMILES string of the molecule is CNCCC1CCCCN1Cc1ccc(OC)cc1. The zero-order valence-electron chi connectivity index (χ0n) is 12.2. The van der Waals surface area contributed by atoms with E-state index in [2.05, 4.69) is 34.5 Å². The Balaban J connectivity index is 1.93. The third kappa shape index (κ3) is 4.22. The van der Waals surface area contributed by atoms with Crippen LogP contribution in [0.2, 0.25) is 0 Å². The highest BCUT2D eigenvalue weighted by atomic mass is 16.5. The smallest absolute Gasteiger partial charge is 0.118 e. The van der Waals surface area contributed by atoms with Gasteiger partial charge >= 0.3 is 0 Å². The highest BCUT2D eigenvalue weighted by Crippen LogP contribution is 2.22. The van der Waals surface area contributed by atoms with Crippen molar-refractivity contribution < 1.29 is 4.74 Å². The maximum absolute atomic E-state index is 5.21. The fourth-order valence-electron chi connectivity index (χ4n) is 2.87. The predicted molar refractivity (Wildman–Crippen MR) is 79.6 cm³/mol. The molecule has 3 nitrogen and oxygen atoms in total. The lowest BCUT2D eigenvalue weighted by atomic mass is 9.98. The van der Waals surface area contributed by atoms with E-state index in [4.69, 9.17) is 4.74 Å². The molecule has 1 atom stereocenters. The average molecular weight is 262 g/mol. The molecule has 1 aromatic carbocycles. The summed E-state index contributed by atoms with van der Waals surface area (Å²) >= 11 is 0. The molecular weight excluding hydrogens is 236 g/mol. The Morgan fingerprint density at radius 3 is 2.74 bits per heavy atom. The van der Waals surface area contributed by atoms with Gasteiger partial charge in [-0.3, -0.25) is 4.90 Å². The number of likely N-dealkylation sites (tertiary alicyclic amines) is 1. The molecule has 0 spiro atoms. The van der Waals surface area contributed by atoms with E-state index in [0.29, 0.717) is 0 Å². The molecule has 1 heterocycles. The van der Waals surface area contributed by atoms with Crippen molar-refractivity contribution in [2.24, 2.45) is 0 Å². The molecule has 1 N–H and O–H groups in total. The van der Waals surface area contributed by atoms with Gasteiger partial charge in [-0.15, -0.1) is 0 Å². The molecule has 0 amide bonds. The van der Waals surface area contributed by atoms with Gasteiger partial charge in [0.15, 0.2) is 0 Å². The minimum Gasteiger partial charge on any atom is -0.497 e. The van der Waals surface area contributed by atoms with Gasteiger partial charge < -0.3 is 10.1 Å². The molecule has 2 rings (SSSR count). The molecule has 1 aromatic rings. The fourth-order valence-corrected chi connectivity index (χ4v) is 2.87. The van der Waals surface area contributed by atoms with Crippen LogP contribution in [-0.4, -0.2) is 38.2 Å². The van der Waals surface area contributed by atoms with Crippen LogP contribution in [0, 0.1) is 0 Å². The Kier molecular flexibility index (Phi) is 5.67. The molecule has 19 heavy (non-hydrogen) atoms. The van der Waals surface area contributed by atoms with E-state index in [0.717, 1.165) is 24.9 Å². The van der Waals surface area contributed by atoms with Crippen molar-refractivity contribution in [1.82, 2.24) is 10.2 Å². The minimum absolute atomic E-state index is 0.739. The first-order chi connectivity index (χ1) is 9.33. The summed E-state index contributed by atoms with van der Waals surface area (Å²) in [5.41, 5.74) is 1.39. The summed E-state index contributed by atoms with van der Waals surface area (Å²) in [7, 11) is 3.75. The van der Waals surface area contributed by atoms with Crippen LogP contribution in [0.1, 0.15) is 31.2 Å². The van der Waals surface area contributed by atoms with Gasteiger partial charge in [-0.2, -0.15) is 0 Å². The van der Waals surface area contributed by atoms with Gasteiger partial charge in [-0.05, 0) is 57.1 Å². The van der Waals surface area contributed by atoms with Crippen LogP contribution in [0.3, 0.4) is 0 Å². The van der Waals surface area contributed by atoms with Crippen molar-refractivity contribution >= 4 is 0 Å². The first kappa shape index (κ1) is 14.4. The normalized spacial score (nSPS) is 20.4. The summed E-state index contributed by atoms with van der Waals surface area (Å²) in [6, 6.07) is 9.22. The zero-order valence-corrected chi connectivity index (χ0v) is 12.2. The van der Waals surface area contributed by atoms with Crippen LogP contribution >= 0.6 is 0 Å². The van der Waals surface area contributed by atoms with Crippen molar-refractivity contribution in [2.75, 3.05) is 27.2 Å². The first-order valence-corrected chi connectivity index (χ1v) is 7.35. The van der Waals surface area contributed by atoms with Crippen LogP contribution < -0.4 is 10.1 Å². The van der Waals surface area contributed by atoms with Gasteiger partial charge in [0.2, 0.25) is 0 Å². The van der Waals surface area contributed by atoms with Gasteiger partial charge in [0, 0.05) is 12.6 Å². The van der Waals surface area contributed by atoms with Gasteiger partial charge in [0.05, 0.1) is 7.11 Å². The molecule has 1 aliphatic rings. The molecular formula is C16H26N2O. The second kappa shape index (κ2) is 7.51.